The first-order chi connectivity index (χ1) is 10.1. The van der Waals surface area contributed by atoms with Crippen molar-refractivity contribution in [3.8, 4) is 0 Å². The van der Waals surface area contributed by atoms with Crippen molar-refractivity contribution in [2.75, 3.05) is 6.54 Å². The first kappa shape index (κ1) is 13.9. The Morgan fingerprint density at radius 2 is 2.05 bits per heavy atom. The van der Waals surface area contributed by atoms with Crippen molar-refractivity contribution in [2.45, 2.75) is 37.3 Å². The zero-order valence-corrected chi connectivity index (χ0v) is 11.6. The van der Waals surface area contributed by atoms with Crippen LogP contribution in [0.5, 0.6) is 0 Å². The summed E-state index contributed by atoms with van der Waals surface area (Å²) in [5.41, 5.74) is 0.903. The molecule has 2 aliphatic carbocycles. The number of nitrogens with one attached hydrogen (secondary N) is 3. The number of amides is 3. The molecule has 5 nitrogen and oxygen atoms in total. The van der Waals surface area contributed by atoms with Gasteiger partial charge >= 0.3 is 6.03 Å². The molecule has 0 unspecified atom stereocenters. The molecule has 0 bridgehead atoms. The first-order valence-electron chi connectivity index (χ1n) is 7.21. The predicted molar refractivity (Wildman–Crippen MR) is 75.2 cm³/mol. The van der Waals surface area contributed by atoms with Crippen LogP contribution >= 0.6 is 0 Å². The summed E-state index contributed by atoms with van der Waals surface area (Å²) in [7, 11) is 0. The van der Waals surface area contributed by atoms with Crippen molar-refractivity contribution in [1.29, 1.82) is 0 Å². The molecular formula is C15H18FN3O2. The SMILES string of the molecule is O=C(CNC(=O)NC1CC1)N[C@H]1C[C@H]1c1cccc(F)c1. The van der Waals surface area contributed by atoms with E-state index in [1.54, 1.807) is 6.07 Å². The Kier molecular flexibility index (Phi) is 3.77. The van der Waals surface area contributed by atoms with Crippen molar-refractivity contribution < 1.29 is 14.0 Å². The maximum atomic E-state index is 13.1. The Hall–Kier alpha value is -2.11. The lowest BCUT2D eigenvalue weighted by molar-refractivity contribution is -0.120. The number of benzene rings is 1. The van der Waals surface area contributed by atoms with E-state index >= 15 is 0 Å². The van der Waals surface area contributed by atoms with Gasteiger partial charge in [0, 0.05) is 18.0 Å². The van der Waals surface area contributed by atoms with Crippen LogP contribution in [0.3, 0.4) is 0 Å². The van der Waals surface area contributed by atoms with Gasteiger partial charge in [-0.25, -0.2) is 9.18 Å². The number of urea groups is 1. The number of carbonyl (C=O) groups excluding carboxylic acids is 2. The molecule has 1 aromatic rings. The molecule has 3 amide bonds. The minimum absolute atomic E-state index is 0.0348. The van der Waals surface area contributed by atoms with Crippen molar-refractivity contribution in [3.05, 3.63) is 35.6 Å². The minimum Gasteiger partial charge on any atom is -0.351 e. The summed E-state index contributed by atoms with van der Waals surface area (Å²) < 4.78 is 13.1. The molecular weight excluding hydrogens is 273 g/mol. The lowest BCUT2D eigenvalue weighted by Crippen LogP contribution is -2.43. The molecule has 0 saturated heterocycles. The fourth-order valence-corrected chi connectivity index (χ4v) is 2.34. The summed E-state index contributed by atoms with van der Waals surface area (Å²) in [5, 5.41) is 8.12. The van der Waals surface area contributed by atoms with Crippen LogP contribution < -0.4 is 16.0 Å². The van der Waals surface area contributed by atoms with E-state index < -0.39 is 0 Å². The standard InChI is InChI=1S/C15H18FN3O2/c16-10-3-1-2-9(6-10)12-7-13(12)19-14(20)8-17-15(21)18-11-4-5-11/h1-3,6,11-13H,4-5,7-8H2,(H,19,20)(H2,17,18,21)/t12-,13-/m0/s1. The number of halogens is 1. The third kappa shape index (κ3) is 3.93. The molecule has 21 heavy (non-hydrogen) atoms. The molecule has 0 radical (unpaired) electrons. The van der Waals surface area contributed by atoms with E-state index in [1.165, 1.54) is 12.1 Å². The highest BCUT2D eigenvalue weighted by atomic mass is 19.1. The van der Waals surface area contributed by atoms with E-state index in [-0.39, 0.29) is 42.3 Å². The lowest BCUT2D eigenvalue weighted by Gasteiger charge is -2.07. The molecule has 1 aromatic carbocycles. The third-order valence-electron chi connectivity index (χ3n) is 3.74. The van der Waals surface area contributed by atoms with E-state index in [9.17, 15) is 14.0 Å². The maximum absolute atomic E-state index is 13.1. The van der Waals surface area contributed by atoms with Gasteiger partial charge in [-0.3, -0.25) is 4.79 Å². The average molecular weight is 291 g/mol. The molecule has 2 fully saturated rings. The monoisotopic (exact) mass is 291 g/mol. The van der Waals surface area contributed by atoms with Crippen LogP contribution in [0.4, 0.5) is 9.18 Å². The molecule has 0 heterocycles. The van der Waals surface area contributed by atoms with Gasteiger partial charge in [-0.15, -0.1) is 0 Å². The molecule has 2 atom stereocenters. The van der Waals surface area contributed by atoms with Crippen molar-refractivity contribution in [1.82, 2.24) is 16.0 Å². The molecule has 2 aliphatic rings. The van der Waals surface area contributed by atoms with Crippen LogP contribution in [0.25, 0.3) is 0 Å². The summed E-state index contributed by atoms with van der Waals surface area (Å²) in [6.45, 7) is -0.0368. The van der Waals surface area contributed by atoms with Crippen LogP contribution in [0, 0.1) is 5.82 Å². The maximum Gasteiger partial charge on any atom is 0.315 e. The topological polar surface area (TPSA) is 70.2 Å². The van der Waals surface area contributed by atoms with Gasteiger partial charge in [0.15, 0.2) is 0 Å². The van der Waals surface area contributed by atoms with Crippen molar-refractivity contribution in [2.24, 2.45) is 0 Å². The first-order valence-corrected chi connectivity index (χ1v) is 7.21. The van der Waals surface area contributed by atoms with Crippen LogP contribution in [0.2, 0.25) is 0 Å². The van der Waals surface area contributed by atoms with E-state index in [4.69, 9.17) is 0 Å². The van der Waals surface area contributed by atoms with Crippen LogP contribution in [-0.4, -0.2) is 30.6 Å². The number of hydrogen-bond acceptors (Lipinski definition) is 2. The van der Waals surface area contributed by atoms with Gasteiger partial charge in [-0.1, -0.05) is 12.1 Å². The summed E-state index contributed by atoms with van der Waals surface area (Å²) in [4.78, 5) is 23.1. The summed E-state index contributed by atoms with van der Waals surface area (Å²) >= 11 is 0. The smallest absolute Gasteiger partial charge is 0.315 e. The second-order valence-corrected chi connectivity index (χ2v) is 5.67. The zero-order valence-electron chi connectivity index (χ0n) is 11.6. The zero-order chi connectivity index (χ0) is 14.8. The highest BCUT2D eigenvalue weighted by Crippen LogP contribution is 2.40. The van der Waals surface area contributed by atoms with E-state index in [0.717, 1.165) is 24.8 Å². The van der Waals surface area contributed by atoms with E-state index in [0.29, 0.717) is 0 Å². The Morgan fingerprint density at radius 1 is 1.24 bits per heavy atom. The quantitative estimate of drug-likeness (QED) is 0.764. The highest BCUT2D eigenvalue weighted by molar-refractivity contribution is 5.84. The van der Waals surface area contributed by atoms with Crippen LogP contribution in [0.15, 0.2) is 24.3 Å². The third-order valence-corrected chi connectivity index (χ3v) is 3.74. The fourth-order valence-electron chi connectivity index (χ4n) is 2.34. The second kappa shape index (κ2) is 5.71. The van der Waals surface area contributed by atoms with Crippen molar-refractivity contribution >= 4 is 11.9 Å². The van der Waals surface area contributed by atoms with Gasteiger partial charge in [0.1, 0.15) is 5.82 Å². The van der Waals surface area contributed by atoms with E-state index in [2.05, 4.69) is 16.0 Å². The van der Waals surface area contributed by atoms with Gasteiger partial charge in [0.2, 0.25) is 5.91 Å². The van der Waals surface area contributed by atoms with Crippen LogP contribution in [-0.2, 0) is 4.79 Å². The molecule has 112 valence electrons. The predicted octanol–water partition coefficient (Wildman–Crippen LogP) is 1.26. The van der Waals surface area contributed by atoms with Gasteiger partial charge in [0.25, 0.3) is 0 Å². The minimum atomic E-state index is -0.301. The lowest BCUT2D eigenvalue weighted by atomic mass is 10.1. The molecule has 2 saturated carbocycles. The fraction of sp³-hybridized carbons (Fsp3) is 0.467. The van der Waals surface area contributed by atoms with Crippen molar-refractivity contribution in [3.63, 3.8) is 0 Å². The molecule has 0 spiro atoms. The number of hydrogen-bond donors (Lipinski definition) is 3. The summed E-state index contributed by atoms with van der Waals surface area (Å²) in [6, 6.07) is 6.44. The van der Waals surface area contributed by atoms with Gasteiger partial charge in [0.05, 0.1) is 6.54 Å². The Bertz CT molecular complexity index is 560. The van der Waals surface area contributed by atoms with E-state index in [1.807, 2.05) is 6.07 Å². The molecule has 0 aliphatic heterocycles. The molecule has 3 rings (SSSR count). The number of carbonyl (C=O) groups is 2. The Labute approximate surface area is 122 Å². The van der Waals surface area contributed by atoms with Gasteiger partial charge < -0.3 is 16.0 Å². The highest BCUT2D eigenvalue weighted by Gasteiger charge is 2.39. The van der Waals surface area contributed by atoms with Gasteiger partial charge in [-0.05, 0) is 37.0 Å². The molecule has 3 N–H and O–H groups in total. The Morgan fingerprint density at radius 3 is 2.76 bits per heavy atom. The van der Waals surface area contributed by atoms with Crippen LogP contribution in [0.1, 0.15) is 30.7 Å². The average Bonchev–Trinajstić information content (AvgIpc) is 3.33. The second-order valence-electron chi connectivity index (χ2n) is 5.67. The Balaban J connectivity index is 1.39. The summed E-state index contributed by atoms with van der Waals surface area (Å²) in [5.74, 6) is -0.308. The summed E-state index contributed by atoms with van der Waals surface area (Å²) in [6.07, 6.45) is 2.83. The molecule has 0 aromatic heterocycles. The normalized spacial score (nSPS) is 23.3. The van der Waals surface area contributed by atoms with Gasteiger partial charge in [-0.2, -0.15) is 0 Å². The number of rotatable bonds is 5. The molecule has 6 heteroatoms. The largest absolute Gasteiger partial charge is 0.351 e.